The Hall–Kier alpha value is -3.00. The summed E-state index contributed by atoms with van der Waals surface area (Å²) in [6, 6.07) is 9.13. The quantitative estimate of drug-likeness (QED) is 0.378. The third-order valence-electron chi connectivity index (χ3n) is 7.47. The zero-order chi connectivity index (χ0) is 27.9. The topological polar surface area (TPSA) is 119 Å². The first-order chi connectivity index (χ1) is 18.0. The number of carbonyl (C=O) groups is 3. The first-order valence-corrected chi connectivity index (χ1v) is 13.8. The second kappa shape index (κ2) is 13.2. The smallest absolute Gasteiger partial charge is 0.223 e. The Balaban J connectivity index is 1.83. The van der Waals surface area contributed by atoms with E-state index in [1.807, 2.05) is 30.3 Å². The molecule has 0 spiro atoms. The second-order valence-electron chi connectivity index (χ2n) is 11.8. The Kier molecular flexibility index (Phi) is 10.3. The van der Waals surface area contributed by atoms with Crippen LogP contribution in [0.5, 0.6) is 0 Å². The number of aromatic nitrogens is 1. The van der Waals surface area contributed by atoms with Crippen molar-refractivity contribution in [3.63, 3.8) is 0 Å². The van der Waals surface area contributed by atoms with Crippen LogP contribution >= 0.6 is 0 Å². The van der Waals surface area contributed by atoms with Gasteiger partial charge in [-0.3, -0.25) is 14.4 Å². The molecule has 1 aromatic carbocycles. The van der Waals surface area contributed by atoms with Crippen LogP contribution in [0.1, 0.15) is 93.4 Å². The third-order valence-corrected chi connectivity index (χ3v) is 7.47. The summed E-state index contributed by atoms with van der Waals surface area (Å²) >= 11 is 0. The lowest BCUT2D eigenvalue weighted by atomic mass is 9.87. The van der Waals surface area contributed by atoms with Gasteiger partial charge in [0, 0.05) is 17.8 Å². The minimum atomic E-state index is -0.806. The largest absolute Gasteiger partial charge is 0.437 e. The molecule has 1 unspecified atom stereocenters. The van der Waals surface area contributed by atoms with Gasteiger partial charge in [0.25, 0.3) is 0 Å². The molecule has 0 bridgehead atoms. The number of ketones is 1. The number of nitrogens with zero attached hydrogens (tertiary/aromatic N) is 2. The molecule has 0 aliphatic carbocycles. The maximum Gasteiger partial charge on any atom is 0.223 e. The molecule has 0 radical (unpaired) electrons. The molecular formula is C30H44N4O4. The van der Waals surface area contributed by atoms with E-state index in [0.29, 0.717) is 43.2 Å². The van der Waals surface area contributed by atoms with Crippen LogP contribution in [0.2, 0.25) is 0 Å². The van der Waals surface area contributed by atoms with Gasteiger partial charge in [-0.1, -0.05) is 58.0 Å². The van der Waals surface area contributed by atoms with E-state index in [1.54, 1.807) is 13.8 Å². The second-order valence-corrected chi connectivity index (χ2v) is 11.8. The first kappa shape index (κ1) is 29.6. The number of likely N-dealkylation sites (tertiary alicyclic amines) is 1. The lowest BCUT2D eigenvalue weighted by Gasteiger charge is -2.26. The summed E-state index contributed by atoms with van der Waals surface area (Å²) in [5.41, 5.74) is 6.43. The minimum absolute atomic E-state index is 0.0984. The first-order valence-electron chi connectivity index (χ1n) is 13.8. The molecule has 1 saturated heterocycles. The molecule has 3 N–H and O–H groups in total. The molecule has 1 aromatic heterocycles. The number of carbonyl (C=O) groups excluding carboxylic acids is 3. The summed E-state index contributed by atoms with van der Waals surface area (Å²) < 4.78 is 6.22. The highest BCUT2D eigenvalue weighted by Gasteiger charge is 2.32. The fourth-order valence-corrected chi connectivity index (χ4v) is 4.72. The van der Waals surface area contributed by atoms with E-state index >= 15 is 0 Å². The van der Waals surface area contributed by atoms with E-state index in [1.165, 1.54) is 0 Å². The summed E-state index contributed by atoms with van der Waals surface area (Å²) in [6.45, 7) is 9.55. The van der Waals surface area contributed by atoms with Gasteiger partial charge in [-0.2, -0.15) is 0 Å². The molecule has 2 aromatic rings. The van der Waals surface area contributed by atoms with Crippen molar-refractivity contribution in [2.24, 2.45) is 17.1 Å². The number of piperidine rings is 1. The van der Waals surface area contributed by atoms with Crippen LogP contribution in [0.3, 0.4) is 0 Å². The molecule has 208 valence electrons. The Labute approximate surface area is 226 Å². The summed E-state index contributed by atoms with van der Waals surface area (Å²) in [6.07, 6.45) is 3.96. The fraction of sp³-hybridized carbons (Fsp3) is 0.600. The summed E-state index contributed by atoms with van der Waals surface area (Å²) in [5, 5.41) is 2.94. The summed E-state index contributed by atoms with van der Waals surface area (Å²) in [5.74, 6) is 0.398. The van der Waals surface area contributed by atoms with Crippen molar-refractivity contribution in [1.29, 1.82) is 0 Å². The van der Waals surface area contributed by atoms with Crippen molar-refractivity contribution in [2.45, 2.75) is 84.6 Å². The van der Waals surface area contributed by atoms with Gasteiger partial charge < -0.3 is 20.4 Å². The van der Waals surface area contributed by atoms with Crippen LogP contribution < -0.4 is 11.1 Å². The Morgan fingerprint density at radius 3 is 2.42 bits per heavy atom. The lowest BCUT2D eigenvalue weighted by molar-refractivity contribution is -0.127. The number of benzene rings is 1. The summed E-state index contributed by atoms with van der Waals surface area (Å²) in [4.78, 5) is 45.7. The molecule has 1 fully saturated rings. The number of hydrogen-bond acceptors (Lipinski definition) is 6. The van der Waals surface area contributed by atoms with E-state index in [-0.39, 0.29) is 29.8 Å². The zero-order valence-electron chi connectivity index (χ0n) is 23.6. The van der Waals surface area contributed by atoms with Gasteiger partial charge in [0.1, 0.15) is 0 Å². The molecule has 3 rings (SSSR count). The van der Waals surface area contributed by atoms with E-state index in [2.05, 4.69) is 31.1 Å². The average molecular weight is 525 g/mol. The SMILES string of the molecule is CC(C)Cc1nc(C2CCN(C)CC2)oc1C(=O)C(CCc1ccccc1)NC(=O)CCC(C)(C)C(N)=O. The highest BCUT2D eigenvalue weighted by Crippen LogP contribution is 2.30. The van der Waals surface area contributed by atoms with Crippen molar-refractivity contribution in [3.8, 4) is 0 Å². The van der Waals surface area contributed by atoms with E-state index < -0.39 is 17.4 Å². The number of primary amides is 1. The molecular weight excluding hydrogens is 480 g/mol. The van der Waals surface area contributed by atoms with Gasteiger partial charge in [-0.15, -0.1) is 0 Å². The van der Waals surface area contributed by atoms with Crippen molar-refractivity contribution in [1.82, 2.24) is 15.2 Å². The minimum Gasteiger partial charge on any atom is -0.437 e. The monoisotopic (exact) mass is 524 g/mol. The number of amides is 2. The molecule has 2 amide bonds. The van der Waals surface area contributed by atoms with Crippen LogP contribution in [0.4, 0.5) is 0 Å². The van der Waals surface area contributed by atoms with Crippen molar-refractivity contribution in [3.05, 3.63) is 53.2 Å². The average Bonchev–Trinajstić information content (AvgIpc) is 3.28. The number of aryl methyl sites for hydroxylation is 1. The predicted octanol–water partition coefficient (Wildman–Crippen LogP) is 4.27. The lowest BCUT2D eigenvalue weighted by Crippen LogP contribution is -2.42. The maximum atomic E-state index is 13.9. The molecule has 8 nitrogen and oxygen atoms in total. The van der Waals surface area contributed by atoms with Gasteiger partial charge >= 0.3 is 0 Å². The molecule has 1 aliphatic heterocycles. The van der Waals surface area contributed by atoms with Crippen LogP contribution in [-0.2, 0) is 22.4 Å². The molecule has 0 saturated carbocycles. The van der Waals surface area contributed by atoms with Crippen LogP contribution in [0.25, 0.3) is 0 Å². The van der Waals surface area contributed by atoms with Gasteiger partial charge in [0.05, 0.1) is 11.7 Å². The van der Waals surface area contributed by atoms with Crippen molar-refractivity contribution < 1.29 is 18.8 Å². The number of nitrogens with one attached hydrogen (secondary N) is 1. The molecule has 8 heteroatoms. The summed E-state index contributed by atoms with van der Waals surface area (Å²) in [7, 11) is 2.11. The van der Waals surface area contributed by atoms with Crippen LogP contribution in [-0.4, -0.2) is 53.7 Å². The maximum absolute atomic E-state index is 13.9. The highest BCUT2D eigenvalue weighted by molar-refractivity contribution is 6.00. The van der Waals surface area contributed by atoms with Crippen LogP contribution in [0.15, 0.2) is 34.7 Å². The van der Waals surface area contributed by atoms with E-state index in [9.17, 15) is 14.4 Å². The van der Waals surface area contributed by atoms with Gasteiger partial charge in [0.2, 0.25) is 17.6 Å². The molecule has 38 heavy (non-hydrogen) atoms. The molecule has 1 aliphatic rings. The Bertz CT molecular complexity index is 1080. The van der Waals surface area contributed by atoms with Crippen LogP contribution in [0, 0.1) is 11.3 Å². The molecule has 1 atom stereocenters. The number of hydrogen-bond donors (Lipinski definition) is 2. The fourth-order valence-electron chi connectivity index (χ4n) is 4.72. The number of nitrogens with two attached hydrogens (primary N) is 1. The predicted molar refractivity (Wildman–Crippen MR) is 148 cm³/mol. The Morgan fingerprint density at radius 2 is 1.82 bits per heavy atom. The molecule has 2 heterocycles. The Morgan fingerprint density at radius 1 is 1.16 bits per heavy atom. The van der Waals surface area contributed by atoms with E-state index in [0.717, 1.165) is 31.5 Å². The number of oxazole rings is 1. The van der Waals surface area contributed by atoms with Gasteiger partial charge in [-0.25, -0.2) is 4.98 Å². The standard InChI is InChI=1S/C30H44N4O4/c1-20(2)19-24-27(38-28(33-24)22-14-17-34(5)18-15-22)26(36)23(12-11-21-9-7-6-8-10-21)32-25(35)13-16-30(3,4)29(31)37/h6-10,20,22-23H,11-19H2,1-5H3,(H2,31,37)(H,32,35). The number of Topliss-reactive ketones (excluding diaryl/α,β-unsaturated/α-hetero) is 1. The number of rotatable bonds is 13. The normalized spacial score (nSPS) is 15.9. The van der Waals surface area contributed by atoms with Crippen molar-refractivity contribution in [2.75, 3.05) is 20.1 Å². The highest BCUT2D eigenvalue weighted by atomic mass is 16.4. The van der Waals surface area contributed by atoms with Gasteiger partial charge in [-0.05, 0) is 70.1 Å². The van der Waals surface area contributed by atoms with Crippen molar-refractivity contribution >= 4 is 17.6 Å². The zero-order valence-corrected chi connectivity index (χ0v) is 23.6. The van der Waals surface area contributed by atoms with Gasteiger partial charge in [0.15, 0.2) is 11.7 Å². The third kappa shape index (κ3) is 8.25. The van der Waals surface area contributed by atoms with E-state index in [4.69, 9.17) is 15.1 Å².